The number of hydrogen-bond donors (Lipinski definition) is 0. The number of amides is 3. The van der Waals surface area contributed by atoms with Crippen LogP contribution in [0.3, 0.4) is 0 Å². The number of ether oxygens (including phenoxy) is 1. The molecule has 25 heavy (non-hydrogen) atoms. The van der Waals surface area contributed by atoms with Gasteiger partial charge in [0.1, 0.15) is 13.2 Å². The number of morpholine rings is 1. The Labute approximate surface area is 149 Å². The first kappa shape index (κ1) is 18.2. The predicted octanol–water partition coefficient (Wildman–Crippen LogP) is 0.339. The lowest BCUT2D eigenvalue weighted by Crippen LogP contribution is -2.56. The zero-order chi connectivity index (χ0) is 18.1. The van der Waals surface area contributed by atoms with Gasteiger partial charge in [-0.1, -0.05) is 6.92 Å². The molecule has 0 N–H and O–H groups in total. The molecule has 0 aromatic rings. The van der Waals surface area contributed by atoms with Crippen molar-refractivity contribution in [2.75, 3.05) is 40.3 Å². The Hall–Kier alpha value is -1.63. The topological polar surface area (TPSA) is 70.2 Å². The first-order valence-electron chi connectivity index (χ1n) is 9.26. The first-order chi connectivity index (χ1) is 11.9. The fraction of sp³-hybridized carbons (Fsp3) is 0.833. The van der Waals surface area contributed by atoms with Crippen molar-refractivity contribution in [3.8, 4) is 0 Å². The molecule has 7 nitrogen and oxygen atoms in total. The molecular weight excluding hydrogens is 322 g/mol. The van der Waals surface area contributed by atoms with Crippen molar-refractivity contribution in [3.05, 3.63) is 0 Å². The highest BCUT2D eigenvalue weighted by atomic mass is 16.5. The van der Waals surface area contributed by atoms with E-state index in [0.29, 0.717) is 19.0 Å². The summed E-state index contributed by atoms with van der Waals surface area (Å²) >= 11 is 0. The average Bonchev–Trinajstić information content (AvgIpc) is 3.01. The van der Waals surface area contributed by atoms with Gasteiger partial charge < -0.3 is 19.4 Å². The molecule has 0 aromatic carbocycles. The SMILES string of the molecule is CC1CCC(C(=O)N2C[C@@H]3[C@@H](C2)OCC(=O)N3CC(=O)N(C)C)CC1. The lowest BCUT2D eigenvalue weighted by molar-refractivity contribution is -0.156. The molecule has 140 valence electrons. The number of likely N-dealkylation sites (N-methyl/N-ethyl adjacent to an activating group) is 1. The maximum Gasteiger partial charge on any atom is 0.249 e. The van der Waals surface area contributed by atoms with Crippen molar-refractivity contribution in [2.45, 2.75) is 44.8 Å². The Morgan fingerprint density at radius 3 is 2.48 bits per heavy atom. The third-order valence-corrected chi connectivity index (χ3v) is 5.86. The lowest BCUT2D eigenvalue weighted by atomic mass is 9.82. The Kier molecular flexibility index (Phi) is 5.32. The summed E-state index contributed by atoms with van der Waals surface area (Å²) in [6.07, 6.45) is 3.94. The van der Waals surface area contributed by atoms with Gasteiger partial charge in [-0.2, -0.15) is 0 Å². The minimum absolute atomic E-state index is 0.00908. The molecule has 0 unspecified atom stereocenters. The molecule has 7 heteroatoms. The summed E-state index contributed by atoms with van der Waals surface area (Å²) in [5, 5.41) is 0. The molecule has 3 rings (SSSR count). The summed E-state index contributed by atoms with van der Waals surface area (Å²) in [5.41, 5.74) is 0. The summed E-state index contributed by atoms with van der Waals surface area (Å²) in [7, 11) is 3.36. The summed E-state index contributed by atoms with van der Waals surface area (Å²) in [6, 6.07) is -0.211. The van der Waals surface area contributed by atoms with Crippen LogP contribution >= 0.6 is 0 Å². The van der Waals surface area contributed by atoms with Gasteiger partial charge in [0, 0.05) is 33.1 Å². The van der Waals surface area contributed by atoms with E-state index in [1.165, 1.54) is 4.90 Å². The van der Waals surface area contributed by atoms with E-state index >= 15 is 0 Å². The third-order valence-electron chi connectivity index (χ3n) is 5.86. The smallest absolute Gasteiger partial charge is 0.249 e. The van der Waals surface area contributed by atoms with E-state index in [0.717, 1.165) is 25.7 Å². The molecule has 0 aromatic heterocycles. The zero-order valence-corrected chi connectivity index (χ0v) is 15.4. The maximum absolute atomic E-state index is 12.9. The molecule has 0 bridgehead atoms. The van der Waals surface area contributed by atoms with Crippen molar-refractivity contribution in [3.63, 3.8) is 0 Å². The van der Waals surface area contributed by atoms with Crippen molar-refractivity contribution in [1.29, 1.82) is 0 Å². The number of carbonyl (C=O) groups is 3. The number of fused-ring (bicyclic) bond motifs is 1. The van der Waals surface area contributed by atoms with E-state index < -0.39 is 0 Å². The van der Waals surface area contributed by atoms with Crippen LogP contribution in [0.4, 0.5) is 0 Å². The van der Waals surface area contributed by atoms with Crippen molar-refractivity contribution in [2.24, 2.45) is 11.8 Å². The minimum Gasteiger partial charge on any atom is -0.364 e. The maximum atomic E-state index is 12.9. The molecule has 2 heterocycles. The van der Waals surface area contributed by atoms with E-state index in [4.69, 9.17) is 4.74 Å². The standard InChI is InChI=1S/C18H29N3O4/c1-12-4-6-13(7-5-12)18(24)20-8-14-15(9-20)25-11-17(23)21(14)10-16(22)19(2)3/h12-15H,4-11H2,1-3H3/t12?,13?,14-,15-/m1/s1. The molecule has 1 saturated carbocycles. The number of likely N-dealkylation sites (tertiary alicyclic amines) is 1. The van der Waals surface area contributed by atoms with E-state index in [1.807, 2.05) is 4.90 Å². The van der Waals surface area contributed by atoms with E-state index in [2.05, 4.69) is 6.92 Å². The molecule has 2 aliphatic heterocycles. The van der Waals surface area contributed by atoms with Crippen molar-refractivity contribution >= 4 is 17.7 Å². The van der Waals surface area contributed by atoms with Gasteiger partial charge >= 0.3 is 0 Å². The van der Waals surface area contributed by atoms with Crippen LogP contribution in [0.2, 0.25) is 0 Å². The highest BCUT2D eigenvalue weighted by Crippen LogP contribution is 2.32. The second-order valence-electron chi connectivity index (χ2n) is 7.93. The molecule has 3 aliphatic rings. The Balaban J connectivity index is 1.65. The van der Waals surface area contributed by atoms with E-state index in [9.17, 15) is 14.4 Å². The van der Waals surface area contributed by atoms with Gasteiger partial charge in [-0.05, 0) is 31.6 Å². The van der Waals surface area contributed by atoms with E-state index in [1.54, 1.807) is 19.0 Å². The van der Waals surface area contributed by atoms with Crippen LogP contribution < -0.4 is 0 Å². The number of carbonyl (C=O) groups excluding carboxylic acids is 3. The van der Waals surface area contributed by atoms with Gasteiger partial charge in [0.05, 0.1) is 12.1 Å². The molecule has 2 atom stereocenters. The fourth-order valence-electron chi connectivity index (χ4n) is 4.10. The Morgan fingerprint density at radius 2 is 1.84 bits per heavy atom. The molecular formula is C18H29N3O4. The van der Waals surface area contributed by atoms with Gasteiger partial charge in [-0.3, -0.25) is 14.4 Å². The highest BCUT2D eigenvalue weighted by molar-refractivity contribution is 5.86. The van der Waals surface area contributed by atoms with E-state index in [-0.39, 0.29) is 48.9 Å². The minimum atomic E-state index is -0.211. The molecule has 2 saturated heterocycles. The van der Waals surface area contributed by atoms with Crippen LogP contribution in [0.5, 0.6) is 0 Å². The summed E-state index contributed by atoms with van der Waals surface area (Å²) in [6.45, 7) is 3.28. The Bertz CT molecular complexity index is 542. The highest BCUT2D eigenvalue weighted by Gasteiger charge is 2.46. The summed E-state index contributed by atoms with van der Waals surface area (Å²) < 4.78 is 5.66. The molecule has 1 aliphatic carbocycles. The quantitative estimate of drug-likeness (QED) is 0.735. The summed E-state index contributed by atoms with van der Waals surface area (Å²) in [5.74, 6) is 0.719. The average molecular weight is 351 g/mol. The summed E-state index contributed by atoms with van der Waals surface area (Å²) in [4.78, 5) is 42.1. The largest absolute Gasteiger partial charge is 0.364 e. The molecule has 3 amide bonds. The van der Waals surface area contributed by atoms with Crippen LogP contribution in [0, 0.1) is 11.8 Å². The second kappa shape index (κ2) is 7.32. The van der Waals surface area contributed by atoms with Crippen LogP contribution in [-0.4, -0.2) is 84.9 Å². The molecule has 0 radical (unpaired) electrons. The normalized spacial score (nSPS) is 32.5. The number of rotatable bonds is 3. The van der Waals surface area contributed by atoms with Gasteiger partial charge in [0.25, 0.3) is 0 Å². The predicted molar refractivity (Wildman–Crippen MR) is 91.6 cm³/mol. The lowest BCUT2D eigenvalue weighted by Gasteiger charge is -2.36. The van der Waals surface area contributed by atoms with Crippen LogP contribution in [-0.2, 0) is 19.1 Å². The molecule has 0 spiro atoms. The molecule has 3 fully saturated rings. The van der Waals surface area contributed by atoms with Gasteiger partial charge in [-0.15, -0.1) is 0 Å². The zero-order valence-electron chi connectivity index (χ0n) is 15.4. The fourth-order valence-corrected chi connectivity index (χ4v) is 4.10. The van der Waals surface area contributed by atoms with Crippen LogP contribution in [0.15, 0.2) is 0 Å². The van der Waals surface area contributed by atoms with Crippen LogP contribution in [0.25, 0.3) is 0 Å². The van der Waals surface area contributed by atoms with Gasteiger partial charge in [0.2, 0.25) is 17.7 Å². The Morgan fingerprint density at radius 1 is 1.16 bits per heavy atom. The first-order valence-corrected chi connectivity index (χ1v) is 9.26. The van der Waals surface area contributed by atoms with Gasteiger partial charge in [0.15, 0.2) is 0 Å². The monoisotopic (exact) mass is 351 g/mol. The number of hydrogen-bond acceptors (Lipinski definition) is 4. The number of nitrogens with zero attached hydrogens (tertiary/aromatic N) is 3. The van der Waals surface area contributed by atoms with Crippen LogP contribution in [0.1, 0.15) is 32.6 Å². The van der Waals surface area contributed by atoms with Gasteiger partial charge in [-0.25, -0.2) is 0 Å². The van der Waals surface area contributed by atoms with Crippen molar-refractivity contribution in [1.82, 2.24) is 14.7 Å². The van der Waals surface area contributed by atoms with Crippen molar-refractivity contribution < 1.29 is 19.1 Å². The third kappa shape index (κ3) is 3.81. The second-order valence-corrected chi connectivity index (χ2v) is 7.93.